The largest absolute Gasteiger partial charge is 0.339 e. The lowest BCUT2D eigenvalue weighted by Gasteiger charge is -2.35. The lowest BCUT2D eigenvalue weighted by molar-refractivity contribution is -0.140. The number of benzene rings is 2. The van der Waals surface area contributed by atoms with E-state index in [4.69, 9.17) is 0 Å². The molecule has 0 N–H and O–H groups in total. The van der Waals surface area contributed by atoms with Crippen molar-refractivity contribution in [2.75, 3.05) is 26.2 Å². The van der Waals surface area contributed by atoms with Gasteiger partial charge in [0.2, 0.25) is 11.8 Å². The molecular formula is C22H24N2O2. The molecule has 2 fully saturated rings. The van der Waals surface area contributed by atoms with Crippen molar-refractivity contribution in [2.45, 2.75) is 19.3 Å². The first kappa shape index (κ1) is 16.8. The van der Waals surface area contributed by atoms with E-state index in [1.807, 2.05) is 40.1 Å². The number of amides is 2. The fourth-order valence-electron chi connectivity index (χ4n) is 3.50. The first-order valence-electron chi connectivity index (χ1n) is 9.41. The average Bonchev–Trinajstić information content (AvgIpc) is 3.54. The summed E-state index contributed by atoms with van der Waals surface area (Å²) in [6.45, 7) is 2.65. The van der Waals surface area contributed by atoms with E-state index in [0.29, 0.717) is 32.6 Å². The summed E-state index contributed by atoms with van der Waals surface area (Å²) in [7, 11) is 0. The number of carbonyl (C=O) groups is 2. The zero-order chi connectivity index (χ0) is 17.9. The topological polar surface area (TPSA) is 40.6 Å². The summed E-state index contributed by atoms with van der Waals surface area (Å²) < 4.78 is 0. The second-order valence-corrected chi connectivity index (χ2v) is 7.22. The minimum absolute atomic E-state index is 0.149. The highest BCUT2D eigenvalue weighted by molar-refractivity contribution is 5.82. The zero-order valence-corrected chi connectivity index (χ0v) is 14.9. The van der Waals surface area contributed by atoms with E-state index in [0.717, 1.165) is 24.0 Å². The third kappa shape index (κ3) is 3.79. The average molecular weight is 348 g/mol. The molecule has 0 radical (unpaired) electrons. The van der Waals surface area contributed by atoms with Gasteiger partial charge in [0.25, 0.3) is 0 Å². The van der Waals surface area contributed by atoms with Gasteiger partial charge in [-0.2, -0.15) is 0 Å². The van der Waals surface area contributed by atoms with Crippen LogP contribution in [0.3, 0.4) is 0 Å². The fraction of sp³-hybridized carbons (Fsp3) is 0.364. The van der Waals surface area contributed by atoms with Crippen molar-refractivity contribution in [3.8, 4) is 11.1 Å². The van der Waals surface area contributed by atoms with Gasteiger partial charge in [-0.15, -0.1) is 0 Å². The summed E-state index contributed by atoms with van der Waals surface area (Å²) in [5.41, 5.74) is 3.38. The highest BCUT2D eigenvalue weighted by atomic mass is 16.2. The quantitative estimate of drug-likeness (QED) is 0.852. The molecule has 4 heteroatoms. The van der Waals surface area contributed by atoms with Crippen LogP contribution >= 0.6 is 0 Å². The molecule has 0 bridgehead atoms. The number of nitrogens with zero attached hydrogens (tertiary/aromatic N) is 2. The standard InChI is InChI=1S/C22H24N2O2/c25-21(23-12-14-24(15-13-23)22(26)20-10-11-20)16-17-6-8-19(9-7-17)18-4-2-1-3-5-18/h1-9,20H,10-16H2. The highest BCUT2D eigenvalue weighted by Crippen LogP contribution is 2.31. The van der Waals surface area contributed by atoms with Crippen molar-refractivity contribution in [2.24, 2.45) is 5.92 Å². The molecule has 0 unspecified atom stereocenters. The molecule has 0 spiro atoms. The van der Waals surface area contributed by atoms with Gasteiger partial charge in [-0.3, -0.25) is 9.59 Å². The van der Waals surface area contributed by atoms with E-state index in [1.165, 1.54) is 5.56 Å². The summed E-state index contributed by atoms with van der Waals surface area (Å²) in [6, 6.07) is 18.5. The minimum atomic E-state index is 0.149. The molecule has 1 saturated carbocycles. The van der Waals surface area contributed by atoms with Crippen LogP contribution in [-0.2, 0) is 16.0 Å². The van der Waals surface area contributed by atoms with Gasteiger partial charge in [0.05, 0.1) is 6.42 Å². The summed E-state index contributed by atoms with van der Waals surface area (Å²) in [4.78, 5) is 28.5. The molecule has 1 heterocycles. The molecule has 1 aliphatic carbocycles. The lowest BCUT2D eigenvalue weighted by atomic mass is 10.0. The van der Waals surface area contributed by atoms with Gasteiger partial charge in [0.15, 0.2) is 0 Å². The molecule has 2 amide bonds. The van der Waals surface area contributed by atoms with Crippen LogP contribution < -0.4 is 0 Å². The molecule has 134 valence electrons. The Morgan fingerprint density at radius 2 is 1.35 bits per heavy atom. The molecule has 0 atom stereocenters. The molecule has 0 aromatic heterocycles. The van der Waals surface area contributed by atoms with Crippen LogP contribution in [0.15, 0.2) is 54.6 Å². The summed E-state index contributed by atoms with van der Waals surface area (Å²) in [5, 5.41) is 0. The van der Waals surface area contributed by atoms with Crippen LogP contribution in [0, 0.1) is 5.92 Å². The van der Waals surface area contributed by atoms with Gasteiger partial charge < -0.3 is 9.80 Å². The van der Waals surface area contributed by atoms with Gasteiger partial charge in [-0.05, 0) is 29.5 Å². The molecule has 2 aromatic rings. The maximum atomic E-state index is 12.6. The van der Waals surface area contributed by atoms with Crippen LogP contribution in [-0.4, -0.2) is 47.8 Å². The van der Waals surface area contributed by atoms with Crippen molar-refractivity contribution >= 4 is 11.8 Å². The Morgan fingerprint density at radius 1 is 0.769 bits per heavy atom. The Hall–Kier alpha value is -2.62. The number of piperazine rings is 1. The van der Waals surface area contributed by atoms with Crippen molar-refractivity contribution in [1.82, 2.24) is 9.80 Å². The normalized spacial score (nSPS) is 17.2. The zero-order valence-electron chi connectivity index (χ0n) is 14.9. The van der Waals surface area contributed by atoms with Crippen LogP contribution in [0.25, 0.3) is 11.1 Å². The summed E-state index contributed by atoms with van der Waals surface area (Å²) >= 11 is 0. The second kappa shape index (κ2) is 7.32. The van der Waals surface area contributed by atoms with Crippen molar-refractivity contribution in [1.29, 1.82) is 0 Å². The molecule has 1 saturated heterocycles. The third-order valence-electron chi connectivity index (χ3n) is 5.29. The maximum absolute atomic E-state index is 12.6. The van der Waals surface area contributed by atoms with Crippen LogP contribution in [0.5, 0.6) is 0 Å². The van der Waals surface area contributed by atoms with Crippen LogP contribution in [0.2, 0.25) is 0 Å². The number of carbonyl (C=O) groups excluding carboxylic acids is 2. The van der Waals surface area contributed by atoms with Crippen molar-refractivity contribution in [3.63, 3.8) is 0 Å². The fourth-order valence-corrected chi connectivity index (χ4v) is 3.50. The van der Waals surface area contributed by atoms with Gasteiger partial charge >= 0.3 is 0 Å². The first-order chi connectivity index (χ1) is 12.7. The van der Waals surface area contributed by atoms with E-state index in [1.54, 1.807) is 0 Å². The second-order valence-electron chi connectivity index (χ2n) is 7.22. The monoisotopic (exact) mass is 348 g/mol. The Kier molecular flexibility index (Phi) is 4.74. The van der Waals surface area contributed by atoms with E-state index in [2.05, 4.69) is 24.3 Å². The van der Waals surface area contributed by atoms with E-state index in [-0.39, 0.29) is 17.7 Å². The van der Waals surface area contributed by atoms with E-state index < -0.39 is 0 Å². The van der Waals surface area contributed by atoms with Crippen LogP contribution in [0.4, 0.5) is 0 Å². The molecule has 26 heavy (non-hydrogen) atoms. The third-order valence-corrected chi connectivity index (χ3v) is 5.29. The van der Waals surface area contributed by atoms with Gasteiger partial charge in [-0.25, -0.2) is 0 Å². The minimum Gasteiger partial charge on any atom is -0.339 e. The Bertz CT molecular complexity index is 774. The lowest BCUT2D eigenvalue weighted by Crippen LogP contribution is -2.51. The van der Waals surface area contributed by atoms with Gasteiger partial charge in [0.1, 0.15) is 0 Å². The number of hydrogen-bond acceptors (Lipinski definition) is 2. The molecule has 4 nitrogen and oxygen atoms in total. The Morgan fingerprint density at radius 3 is 1.96 bits per heavy atom. The predicted molar refractivity (Wildman–Crippen MR) is 101 cm³/mol. The Balaban J connectivity index is 1.31. The predicted octanol–water partition coefficient (Wildman–Crippen LogP) is 2.98. The smallest absolute Gasteiger partial charge is 0.227 e. The number of rotatable bonds is 4. The van der Waals surface area contributed by atoms with E-state index >= 15 is 0 Å². The molecule has 2 aromatic carbocycles. The molecule has 1 aliphatic heterocycles. The van der Waals surface area contributed by atoms with Gasteiger partial charge in [0, 0.05) is 32.1 Å². The molecule has 4 rings (SSSR count). The Labute approximate surface area is 154 Å². The highest BCUT2D eigenvalue weighted by Gasteiger charge is 2.35. The van der Waals surface area contributed by atoms with E-state index in [9.17, 15) is 9.59 Å². The first-order valence-corrected chi connectivity index (χ1v) is 9.41. The maximum Gasteiger partial charge on any atom is 0.227 e. The molecule has 2 aliphatic rings. The summed E-state index contributed by atoms with van der Waals surface area (Å²) in [6.07, 6.45) is 2.50. The number of hydrogen-bond donors (Lipinski definition) is 0. The van der Waals surface area contributed by atoms with Crippen molar-refractivity contribution in [3.05, 3.63) is 60.2 Å². The molecular weight excluding hydrogens is 324 g/mol. The van der Waals surface area contributed by atoms with Crippen molar-refractivity contribution < 1.29 is 9.59 Å². The summed E-state index contributed by atoms with van der Waals surface area (Å²) in [5.74, 6) is 0.699. The SMILES string of the molecule is O=C(Cc1ccc(-c2ccccc2)cc1)N1CCN(C(=O)C2CC2)CC1. The van der Waals surface area contributed by atoms with Crippen LogP contribution in [0.1, 0.15) is 18.4 Å². The van der Waals surface area contributed by atoms with Gasteiger partial charge in [-0.1, -0.05) is 54.6 Å².